The molecule has 3 aromatic rings. The van der Waals surface area contributed by atoms with E-state index in [2.05, 4.69) is 15.9 Å². The van der Waals surface area contributed by atoms with Crippen LogP contribution in [0.3, 0.4) is 0 Å². The lowest BCUT2D eigenvalue weighted by Crippen LogP contribution is -2.06. The van der Waals surface area contributed by atoms with Crippen LogP contribution in [-0.2, 0) is 10.8 Å². The summed E-state index contributed by atoms with van der Waals surface area (Å²) in [4.78, 5) is 13.2. The standard InChI is InChI=1S/C19H15BrO4S/c1-12-10-17(21)19(24-15-5-3-4-14(20)11-15)18(23-12)13-6-8-16(9-7-13)25(2)22/h3-11H,1-2H3. The molecule has 0 fully saturated rings. The van der Waals surface area contributed by atoms with Gasteiger partial charge in [0.15, 0.2) is 5.76 Å². The average Bonchev–Trinajstić information content (AvgIpc) is 2.57. The summed E-state index contributed by atoms with van der Waals surface area (Å²) in [6.45, 7) is 1.71. The molecule has 1 unspecified atom stereocenters. The summed E-state index contributed by atoms with van der Waals surface area (Å²) < 4.78 is 24.0. The zero-order valence-electron chi connectivity index (χ0n) is 13.6. The summed E-state index contributed by atoms with van der Waals surface area (Å²) in [5.74, 6) is 1.48. The molecule has 0 aliphatic carbocycles. The number of aryl methyl sites for hydroxylation is 1. The normalized spacial score (nSPS) is 12.0. The number of ether oxygens (including phenoxy) is 1. The first-order valence-electron chi connectivity index (χ1n) is 7.46. The van der Waals surface area contributed by atoms with Gasteiger partial charge in [-0.15, -0.1) is 0 Å². The summed E-state index contributed by atoms with van der Waals surface area (Å²) in [5.41, 5.74) is 0.418. The Labute approximate surface area is 156 Å². The molecular weight excluding hydrogens is 404 g/mol. The van der Waals surface area contributed by atoms with Crippen molar-refractivity contribution in [1.82, 2.24) is 0 Å². The highest BCUT2D eigenvalue weighted by Gasteiger charge is 2.16. The minimum Gasteiger partial charge on any atom is -0.457 e. The van der Waals surface area contributed by atoms with Crippen LogP contribution in [-0.4, -0.2) is 10.5 Å². The molecule has 25 heavy (non-hydrogen) atoms. The van der Waals surface area contributed by atoms with Crippen molar-refractivity contribution >= 4 is 26.7 Å². The Morgan fingerprint density at radius 2 is 1.80 bits per heavy atom. The van der Waals surface area contributed by atoms with E-state index < -0.39 is 10.8 Å². The third kappa shape index (κ3) is 4.08. The van der Waals surface area contributed by atoms with Crippen molar-refractivity contribution < 1.29 is 13.4 Å². The molecule has 2 aromatic carbocycles. The molecular formula is C19H15BrO4S. The zero-order valence-corrected chi connectivity index (χ0v) is 16.0. The zero-order chi connectivity index (χ0) is 18.0. The lowest BCUT2D eigenvalue weighted by Gasteiger charge is -2.11. The molecule has 0 N–H and O–H groups in total. The highest BCUT2D eigenvalue weighted by atomic mass is 79.9. The van der Waals surface area contributed by atoms with Crippen LogP contribution < -0.4 is 10.2 Å². The first-order valence-corrected chi connectivity index (χ1v) is 9.81. The molecule has 4 nitrogen and oxygen atoms in total. The Kier molecular flexibility index (Phi) is 5.20. The summed E-state index contributed by atoms with van der Waals surface area (Å²) >= 11 is 3.38. The Hall–Kier alpha value is -2.18. The Balaban J connectivity index is 2.09. The molecule has 6 heteroatoms. The second kappa shape index (κ2) is 7.37. The van der Waals surface area contributed by atoms with Crippen LogP contribution in [0.1, 0.15) is 5.76 Å². The van der Waals surface area contributed by atoms with Crippen molar-refractivity contribution in [3.8, 4) is 22.8 Å². The van der Waals surface area contributed by atoms with Crippen molar-refractivity contribution in [2.75, 3.05) is 6.26 Å². The van der Waals surface area contributed by atoms with E-state index in [0.717, 1.165) is 4.47 Å². The molecule has 0 aliphatic heterocycles. The molecule has 0 saturated carbocycles. The maximum atomic E-state index is 12.5. The lowest BCUT2D eigenvalue weighted by atomic mass is 10.1. The van der Waals surface area contributed by atoms with E-state index in [1.807, 2.05) is 12.1 Å². The fourth-order valence-corrected chi connectivity index (χ4v) is 3.23. The molecule has 3 rings (SSSR count). The lowest BCUT2D eigenvalue weighted by molar-refractivity contribution is 0.438. The molecule has 128 valence electrons. The van der Waals surface area contributed by atoms with Crippen LogP contribution >= 0.6 is 15.9 Å². The quantitative estimate of drug-likeness (QED) is 0.603. The van der Waals surface area contributed by atoms with Crippen molar-refractivity contribution in [2.45, 2.75) is 11.8 Å². The van der Waals surface area contributed by atoms with Crippen LogP contribution in [0.15, 0.2) is 73.2 Å². The van der Waals surface area contributed by atoms with E-state index in [1.54, 1.807) is 49.6 Å². The van der Waals surface area contributed by atoms with E-state index in [1.165, 1.54) is 6.07 Å². The van der Waals surface area contributed by atoms with Gasteiger partial charge in [-0.2, -0.15) is 0 Å². The Morgan fingerprint density at radius 3 is 2.44 bits per heavy atom. The van der Waals surface area contributed by atoms with Gasteiger partial charge in [-0.1, -0.05) is 22.0 Å². The molecule has 1 heterocycles. The fourth-order valence-electron chi connectivity index (χ4n) is 2.33. The summed E-state index contributed by atoms with van der Waals surface area (Å²) in [6, 6.07) is 15.6. The van der Waals surface area contributed by atoms with E-state index in [9.17, 15) is 9.00 Å². The largest absolute Gasteiger partial charge is 0.457 e. The second-order valence-electron chi connectivity index (χ2n) is 5.42. The van der Waals surface area contributed by atoms with Gasteiger partial charge in [0.2, 0.25) is 11.2 Å². The van der Waals surface area contributed by atoms with Gasteiger partial charge in [0.1, 0.15) is 11.5 Å². The van der Waals surface area contributed by atoms with Crippen molar-refractivity contribution in [1.29, 1.82) is 0 Å². The summed E-state index contributed by atoms with van der Waals surface area (Å²) in [7, 11) is -1.07. The molecule has 0 saturated heterocycles. The highest BCUT2D eigenvalue weighted by molar-refractivity contribution is 9.10. The number of halogens is 1. The van der Waals surface area contributed by atoms with E-state index in [0.29, 0.717) is 27.7 Å². The van der Waals surface area contributed by atoms with Crippen LogP contribution in [0.5, 0.6) is 11.5 Å². The number of hydrogen-bond acceptors (Lipinski definition) is 4. The third-order valence-corrected chi connectivity index (χ3v) is 4.92. The number of hydrogen-bond donors (Lipinski definition) is 0. The van der Waals surface area contributed by atoms with Gasteiger partial charge in [-0.3, -0.25) is 9.00 Å². The van der Waals surface area contributed by atoms with Crippen LogP contribution in [0, 0.1) is 6.92 Å². The molecule has 0 bridgehead atoms. The Morgan fingerprint density at radius 1 is 1.08 bits per heavy atom. The van der Waals surface area contributed by atoms with E-state index >= 15 is 0 Å². The first-order chi connectivity index (χ1) is 11.9. The first kappa shape index (κ1) is 17.6. The van der Waals surface area contributed by atoms with Gasteiger partial charge in [-0.05, 0) is 49.4 Å². The molecule has 0 radical (unpaired) electrons. The van der Waals surface area contributed by atoms with Crippen molar-refractivity contribution in [2.24, 2.45) is 0 Å². The van der Waals surface area contributed by atoms with Gasteiger partial charge in [0.25, 0.3) is 0 Å². The molecule has 1 atom stereocenters. The minimum absolute atomic E-state index is 0.120. The third-order valence-electron chi connectivity index (χ3n) is 3.49. The number of benzene rings is 2. The molecule has 1 aromatic heterocycles. The van der Waals surface area contributed by atoms with E-state index in [4.69, 9.17) is 9.15 Å². The second-order valence-corrected chi connectivity index (χ2v) is 7.71. The van der Waals surface area contributed by atoms with Crippen molar-refractivity contribution in [3.05, 3.63) is 75.1 Å². The topological polar surface area (TPSA) is 56.5 Å². The smallest absolute Gasteiger partial charge is 0.228 e. The average molecular weight is 419 g/mol. The van der Waals surface area contributed by atoms with Crippen LogP contribution in [0.2, 0.25) is 0 Å². The summed E-state index contributed by atoms with van der Waals surface area (Å²) in [5, 5.41) is 0. The molecule has 0 aliphatic rings. The summed E-state index contributed by atoms with van der Waals surface area (Å²) in [6.07, 6.45) is 1.61. The van der Waals surface area contributed by atoms with Gasteiger partial charge in [0, 0.05) is 38.1 Å². The van der Waals surface area contributed by atoms with Crippen LogP contribution in [0.4, 0.5) is 0 Å². The maximum Gasteiger partial charge on any atom is 0.228 e. The predicted octanol–water partition coefficient (Wildman–Crippen LogP) is 4.91. The van der Waals surface area contributed by atoms with E-state index in [-0.39, 0.29) is 11.2 Å². The monoisotopic (exact) mass is 418 g/mol. The minimum atomic E-state index is -1.07. The maximum absolute atomic E-state index is 12.5. The molecule has 0 spiro atoms. The van der Waals surface area contributed by atoms with Gasteiger partial charge < -0.3 is 9.15 Å². The van der Waals surface area contributed by atoms with Crippen LogP contribution in [0.25, 0.3) is 11.3 Å². The predicted molar refractivity (Wildman–Crippen MR) is 102 cm³/mol. The van der Waals surface area contributed by atoms with Gasteiger partial charge in [-0.25, -0.2) is 0 Å². The SMILES string of the molecule is Cc1cc(=O)c(Oc2cccc(Br)c2)c(-c2ccc(S(C)=O)cc2)o1. The van der Waals surface area contributed by atoms with Gasteiger partial charge >= 0.3 is 0 Å². The number of rotatable bonds is 4. The van der Waals surface area contributed by atoms with Crippen molar-refractivity contribution in [3.63, 3.8) is 0 Å². The Bertz CT molecular complexity index is 993. The fraction of sp³-hybridized carbons (Fsp3) is 0.105. The highest BCUT2D eigenvalue weighted by Crippen LogP contribution is 2.32. The van der Waals surface area contributed by atoms with Gasteiger partial charge in [0.05, 0.1) is 0 Å². The molecule has 0 amide bonds.